The normalized spacial score (nSPS) is 14.2. The number of fused-ring (bicyclic) bond motifs is 1. The summed E-state index contributed by atoms with van der Waals surface area (Å²) in [6, 6.07) is 6.96. The largest absolute Gasteiger partial charge is 0.460 e. The lowest BCUT2D eigenvalue weighted by atomic mass is 10.1. The van der Waals surface area contributed by atoms with Gasteiger partial charge in [0.05, 0.1) is 15.4 Å². The van der Waals surface area contributed by atoms with Gasteiger partial charge in [-0.15, -0.1) is 0 Å². The average molecular weight is 624 g/mol. The molecule has 3 rings (SSSR count). The van der Waals surface area contributed by atoms with Crippen molar-refractivity contribution in [3.05, 3.63) is 58.7 Å². The summed E-state index contributed by atoms with van der Waals surface area (Å²) < 4.78 is 173. The molecule has 0 radical (unpaired) electrons. The molecule has 3 aromatic rings. The lowest BCUT2D eigenvalue weighted by molar-refractivity contribution is -0.382. The molecule has 6 nitrogen and oxygen atoms in total. The molecule has 0 aliphatic heterocycles. The molecule has 204 valence electrons. The summed E-state index contributed by atoms with van der Waals surface area (Å²) in [5, 5.41) is -8.84. The van der Waals surface area contributed by atoms with Gasteiger partial charge in [-0.2, -0.15) is 47.9 Å². The molecule has 0 bridgehead atoms. The minimum atomic E-state index is -7.54. The zero-order chi connectivity index (χ0) is 28.4. The predicted octanol–water partition coefficient (Wildman–Crippen LogP) is 6.32. The number of rotatable bonds is 7. The van der Waals surface area contributed by atoms with Gasteiger partial charge in [0.2, 0.25) is 0 Å². The second-order valence-electron chi connectivity index (χ2n) is 7.08. The second kappa shape index (κ2) is 8.84. The first-order valence-electron chi connectivity index (χ1n) is 9.04. The Kier molecular flexibility index (Phi) is 6.98. The van der Waals surface area contributed by atoms with Crippen molar-refractivity contribution in [1.29, 1.82) is 0 Å². The molecule has 0 amide bonds. The van der Waals surface area contributed by atoms with Crippen molar-refractivity contribution in [3.8, 4) is 5.75 Å². The standard InChI is InChI=1S/C18H8Cl2F9NO5S2/c19-9-2-1-3-10(8-9)36(31,32)30-7-6-11-13(30)5-4-12(20)14(11)35-37(33,34)18(28,29)16(23,24)15(21,22)17(25,26)27/h1-8H. The van der Waals surface area contributed by atoms with E-state index in [-0.39, 0.29) is 5.02 Å². The monoisotopic (exact) mass is 623 g/mol. The Morgan fingerprint density at radius 3 is 1.92 bits per heavy atom. The molecule has 1 aromatic heterocycles. The third kappa shape index (κ3) is 4.48. The van der Waals surface area contributed by atoms with E-state index in [2.05, 4.69) is 4.18 Å². The highest BCUT2D eigenvalue weighted by Crippen LogP contribution is 2.55. The number of halogens is 11. The molecule has 0 aliphatic rings. The molecule has 37 heavy (non-hydrogen) atoms. The van der Waals surface area contributed by atoms with Crippen LogP contribution >= 0.6 is 23.2 Å². The van der Waals surface area contributed by atoms with E-state index in [1.165, 1.54) is 12.1 Å². The molecular weight excluding hydrogens is 616 g/mol. The van der Waals surface area contributed by atoms with Crippen LogP contribution in [-0.4, -0.2) is 44.1 Å². The Hall–Kier alpha value is -2.37. The zero-order valence-corrected chi connectivity index (χ0v) is 20.2. The van der Waals surface area contributed by atoms with Crippen molar-refractivity contribution in [2.24, 2.45) is 0 Å². The molecule has 2 aromatic carbocycles. The van der Waals surface area contributed by atoms with Crippen LogP contribution in [0.3, 0.4) is 0 Å². The maximum Gasteiger partial charge on any atom is 0.460 e. The van der Waals surface area contributed by atoms with Crippen LogP contribution in [0.15, 0.2) is 53.6 Å². The summed E-state index contributed by atoms with van der Waals surface area (Å²) in [4.78, 5) is -0.414. The predicted molar refractivity (Wildman–Crippen MR) is 111 cm³/mol. The summed E-state index contributed by atoms with van der Waals surface area (Å²) in [5.41, 5.74) is -0.537. The first kappa shape index (κ1) is 29.2. The molecule has 0 atom stereocenters. The Labute approximate surface area is 211 Å². The van der Waals surface area contributed by atoms with Crippen molar-refractivity contribution in [3.63, 3.8) is 0 Å². The first-order chi connectivity index (χ1) is 16.6. The molecule has 0 aliphatic carbocycles. The Balaban J connectivity index is 2.15. The van der Waals surface area contributed by atoms with Crippen molar-refractivity contribution < 1.29 is 60.5 Å². The van der Waals surface area contributed by atoms with Crippen LogP contribution in [0, 0.1) is 0 Å². The van der Waals surface area contributed by atoms with E-state index in [1.54, 1.807) is 0 Å². The third-order valence-electron chi connectivity index (χ3n) is 4.71. The van der Waals surface area contributed by atoms with Gasteiger partial charge in [-0.3, -0.25) is 0 Å². The van der Waals surface area contributed by atoms with Crippen molar-refractivity contribution in [1.82, 2.24) is 3.97 Å². The number of nitrogens with zero attached hydrogens (tertiary/aromatic N) is 1. The maximum absolute atomic E-state index is 14.1. The molecule has 1 heterocycles. The van der Waals surface area contributed by atoms with E-state index in [9.17, 15) is 56.3 Å². The third-order valence-corrected chi connectivity index (χ3v) is 8.20. The highest BCUT2D eigenvalue weighted by Gasteiger charge is 2.86. The van der Waals surface area contributed by atoms with Crippen LogP contribution in [0.1, 0.15) is 0 Å². The van der Waals surface area contributed by atoms with Gasteiger partial charge in [0, 0.05) is 16.6 Å². The summed E-state index contributed by atoms with van der Waals surface area (Å²) in [6.45, 7) is 0. The van der Waals surface area contributed by atoms with Gasteiger partial charge in [-0.1, -0.05) is 29.3 Å². The quantitative estimate of drug-likeness (QED) is 0.227. The van der Waals surface area contributed by atoms with E-state index in [0.29, 0.717) is 10.0 Å². The average Bonchev–Trinajstić information content (AvgIpc) is 3.19. The van der Waals surface area contributed by atoms with Gasteiger partial charge >= 0.3 is 33.4 Å². The Morgan fingerprint density at radius 2 is 1.38 bits per heavy atom. The SMILES string of the molecule is O=S(=O)(c1cccc(Cl)c1)n1ccc2c(OS(=O)(=O)C(F)(F)C(F)(F)C(F)(F)C(F)(F)F)c(Cl)ccc21. The van der Waals surface area contributed by atoms with Gasteiger partial charge in [0.25, 0.3) is 10.0 Å². The van der Waals surface area contributed by atoms with Crippen LogP contribution < -0.4 is 4.18 Å². The highest BCUT2D eigenvalue weighted by atomic mass is 35.5. The second-order valence-corrected chi connectivity index (χ2v) is 11.3. The Morgan fingerprint density at radius 1 is 0.784 bits per heavy atom. The fourth-order valence-corrected chi connectivity index (χ4v) is 5.70. The van der Waals surface area contributed by atoms with Crippen molar-refractivity contribution in [2.45, 2.75) is 28.2 Å². The fourth-order valence-electron chi connectivity index (χ4n) is 2.85. The molecule has 0 spiro atoms. The number of hydrogen-bond acceptors (Lipinski definition) is 5. The smallest absolute Gasteiger partial charge is 0.376 e. The summed E-state index contributed by atoms with van der Waals surface area (Å²) in [5.74, 6) is -16.5. The lowest BCUT2D eigenvalue weighted by Gasteiger charge is -2.32. The minimum absolute atomic E-state index is 0.0190. The lowest BCUT2D eigenvalue weighted by Crippen LogP contribution is -2.63. The molecular formula is C18H8Cl2F9NO5S2. The van der Waals surface area contributed by atoms with Gasteiger partial charge in [-0.25, -0.2) is 12.4 Å². The summed E-state index contributed by atoms with van der Waals surface area (Å²) >= 11 is 11.4. The molecule has 0 saturated carbocycles. The van der Waals surface area contributed by atoms with Crippen LogP contribution in [0.2, 0.25) is 10.0 Å². The molecule has 19 heteroatoms. The van der Waals surface area contributed by atoms with Crippen LogP contribution in [0.25, 0.3) is 10.9 Å². The molecule has 0 saturated heterocycles. The van der Waals surface area contributed by atoms with E-state index < -0.39 is 70.0 Å². The van der Waals surface area contributed by atoms with Crippen LogP contribution in [0.5, 0.6) is 5.75 Å². The number of alkyl halides is 9. The maximum atomic E-state index is 14.1. The minimum Gasteiger partial charge on any atom is -0.376 e. The first-order valence-corrected chi connectivity index (χ1v) is 12.6. The van der Waals surface area contributed by atoms with E-state index in [4.69, 9.17) is 23.2 Å². The van der Waals surface area contributed by atoms with Gasteiger partial charge in [0.15, 0.2) is 5.75 Å². The topological polar surface area (TPSA) is 82.4 Å². The van der Waals surface area contributed by atoms with Gasteiger partial charge in [0.1, 0.15) is 0 Å². The van der Waals surface area contributed by atoms with Crippen LogP contribution in [0.4, 0.5) is 39.5 Å². The Bertz CT molecular complexity index is 1590. The van der Waals surface area contributed by atoms with E-state index >= 15 is 0 Å². The molecule has 0 fully saturated rings. The zero-order valence-electron chi connectivity index (χ0n) is 17.1. The fraction of sp³-hybridized carbons (Fsp3) is 0.222. The number of aromatic nitrogens is 1. The van der Waals surface area contributed by atoms with Gasteiger partial charge < -0.3 is 4.18 Å². The summed E-state index contributed by atoms with van der Waals surface area (Å²) in [7, 11) is -11.8. The van der Waals surface area contributed by atoms with Crippen molar-refractivity contribution >= 4 is 54.2 Å². The highest BCUT2D eigenvalue weighted by molar-refractivity contribution is 7.90. The van der Waals surface area contributed by atoms with E-state index in [0.717, 1.165) is 30.5 Å². The number of benzene rings is 2. The van der Waals surface area contributed by atoms with Gasteiger partial charge in [-0.05, 0) is 36.4 Å². The van der Waals surface area contributed by atoms with Crippen LogP contribution in [-0.2, 0) is 20.1 Å². The summed E-state index contributed by atoms with van der Waals surface area (Å²) in [6.07, 6.45) is -6.54. The number of hydrogen-bond donors (Lipinski definition) is 0. The van der Waals surface area contributed by atoms with E-state index in [1.807, 2.05) is 0 Å². The molecule has 0 unspecified atom stereocenters. The van der Waals surface area contributed by atoms with Crippen molar-refractivity contribution in [2.75, 3.05) is 0 Å². The molecule has 0 N–H and O–H groups in total.